The average Bonchev–Trinajstić information content (AvgIpc) is 2.69. The largest absolute Gasteiger partial charge is 0.477 e. The number of ether oxygens (including phenoxy) is 1. The van der Waals surface area contributed by atoms with Crippen LogP contribution in [0.5, 0.6) is 5.88 Å². The van der Waals surface area contributed by atoms with Gasteiger partial charge in [0.15, 0.2) is 0 Å². The van der Waals surface area contributed by atoms with Crippen LogP contribution >= 0.6 is 0 Å². The molecule has 0 spiro atoms. The highest BCUT2D eigenvalue weighted by atomic mass is 32.2. The minimum absolute atomic E-state index is 0.00278. The Morgan fingerprint density at radius 3 is 2.50 bits per heavy atom. The number of aromatic nitrogens is 2. The summed E-state index contributed by atoms with van der Waals surface area (Å²) in [5.74, 6) is -0.0727. The van der Waals surface area contributed by atoms with Crippen LogP contribution in [0.2, 0.25) is 0 Å². The maximum Gasteiger partial charge on any atom is 0.232 e. The Labute approximate surface area is 175 Å². The molecular formula is C21H25FN4O3S. The molecule has 0 bridgehead atoms. The number of sulfonamides is 1. The maximum absolute atomic E-state index is 14.6. The summed E-state index contributed by atoms with van der Waals surface area (Å²) < 4.78 is 46.9. The molecule has 0 aliphatic heterocycles. The predicted octanol–water partition coefficient (Wildman–Crippen LogP) is 4.68. The standard InChI is InChI=1S/C21H25FN4O3S/c1-5-11-30(27,28)26-17-8-7-15(22)20(14(17)4)24-16-9-10-18-21(13(16)3)25-19(12-23-18)29-6-2/h7-10,12,24,26H,5-6,11H2,1-4H3. The van der Waals surface area contributed by atoms with E-state index in [1.54, 1.807) is 32.2 Å². The minimum atomic E-state index is -3.49. The summed E-state index contributed by atoms with van der Waals surface area (Å²) in [6.07, 6.45) is 2.05. The van der Waals surface area contributed by atoms with Gasteiger partial charge in [-0.25, -0.2) is 22.8 Å². The molecule has 9 heteroatoms. The van der Waals surface area contributed by atoms with Crippen molar-refractivity contribution in [3.63, 3.8) is 0 Å². The Morgan fingerprint density at radius 1 is 1.07 bits per heavy atom. The van der Waals surface area contributed by atoms with Gasteiger partial charge in [0, 0.05) is 11.3 Å². The normalized spacial score (nSPS) is 11.5. The summed E-state index contributed by atoms with van der Waals surface area (Å²) in [5, 5.41) is 3.09. The van der Waals surface area contributed by atoms with Gasteiger partial charge in [0.2, 0.25) is 15.9 Å². The van der Waals surface area contributed by atoms with E-state index in [4.69, 9.17) is 4.74 Å². The Kier molecular flexibility index (Phi) is 6.40. The fourth-order valence-corrected chi connectivity index (χ4v) is 4.31. The Balaban J connectivity index is 2.00. The van der Waals surface area contributed by atoms with E-state index in [2.05, 4.69) is 20.0 Å². The minimum Gasteiger partial charge on any atom is -0.477 e. The molecule has 0 saturated heterocycles. The maximum atomic E-state index is 14.6. The van der Waals surface area contributed by atoms with Gasteiger partial charge in [-0.1, -0.05) is 6.92 Å². The summed E-state index contributed by atoms with van der Waals surface area (Å²) in [7, 11) is -3.49. The van der Waals surface area contributed by atoms with E-state index in [9.17, 15) is 12.8 Å². The Morgan fingerprint density at radius 2 is 1.80 bits per heavy atom. The fraction of sp³-hybridized carbons (Fsp3) is 0.333. The van der Waals surface area contributed by atoms with Crippen molar-refractivity contribution >= 4 is 38.1 Å². The molecule has 0 amide bonds. The zero-order chi connectivity index (χ0) is 21.9. The third kappa shape index (κ3) is 4.62. The lowest BCUT2D eigenvalue weighted by Gasteiger charge is -2.17. The molecule has 1 aromatic heterocycles. The number of anilines is 3. The van der Waals surface area contributed by atoms with Gasteiger partial charge in [-0.3, -0.25) is 4.72 Å². The molecule has 0 unspecified atom stereocenters. The highest BCUT2D eigenvalue weighted by molar-refractivity contribution is 7.92. The van der Waals surface area contributed by atoms with Crippen molar-refractivity contribution in [2.45, 2.75) is 34.1 Å². The molecule has 0 radical (unpaired) electrons. The quantitative estimate of drug-likeness (QED) is 0.537. The molecule has 3 rings (SSSR count). The summed E-state index contributed by atoms with van der Waals surface area (Å²) in [4.78, 5) is 8.84. The summed E-state index contributed by atoms with van der Waals surface area (Å²) in [6.45, 7) is 7.65. The number of benzene rings is 2. The molecule has 1 heterocycles. The van der Waals surface area contributed by atoms with Crippen LogP contribution in [0.25, 0.3) is 11.0 Å². The van der Waals surface area contributed by atoms with Crippen molar-refractivity contribution in [3.05, 3.63) is 47.4 Å². The number of halogens is 1. The first-order valence-electron chi connectivity index (χ1n) is 9.71. The molecule has 2 aromatic carbocycles. The van der Waals surface area contributed by atoms with E-state index in [-0.39, 0.29) is 11.4 Å². The van der Waals surface area contributed by atoms with Crippen molar-refractivity contribution < 1.29 is 17.5 Å². The van der Waals surface area contributed by atoms with E-state index < -0.39 is 15.8 Å². The molecule has 2 N–H and O–H groups in total. The third-order valence-corrected chi connectivity index (χ3v) is 6.13. The molecule has 3 aromatic rings. The molecule has 0 aliphatic carbocycles. The second-order valence-electron chi connectivity index (χ2n) is 6.89. The van der Waals surface area contributed by atoms with Gasteiger partial charge < -0.3 is 10.1 Å². The SMILES string of the molecule is CCCS(=O)(=O)Nc1ccc(F)c(Nc2ccc3ncc(OCC)nc3c2C)c1C. The van der Waals surface area contributed by atoms with Crippen LogP contribution in [0.1, 0.15) is 31.4 Å². The van der Waals surface area contributed by atoms with Crippen LogP contribution in [0, 0.1) is 19.7 Å². The highest BCUT2D eigenvalue weighted by Gasteiger charge is 2.17. The van der Waals surface area contributed by atoms with Gasteiger partial charge in [0.1, 0.15) is 5.82 Å². The second kappa shape index (κ2) is 8.83. The monoisotopic (exact) mass is 432 g/mol. The first kappa shape index (κ1) is 21.8. The van der Waals surface area contributed by atoms with Crippen LogP contribution in [0.4, 0.5) is 21.5 Å². The topological polar surface area (TPSA) is 93.2 Å². The van der Waals surface area contributed by atoms with Crippen molar-refractivity contribution in [2.24, 2.45) is 0 Å². The molecular weight excluding hydrogens is 407 g/mol. The fourth-order valence-electron chi connectivity index (χ4n) is 3.11. The van der Waals surface area contributed by atoms with Gasteiger partial charge in [-0.15, -0.1) is 0 Å². The first-order chi connectivity index (χ1) is 14.3. The Bertz CT molecular complexity index is 1180. The number of nitrogens with one attached hydrogen (secondary N) is 2. The molecule has 0 fully saturated rings. The molecule has 0 saturated carbocycles. The smallest absolute Gasteiger partial charge is 0.232 e. The van der Waals surface area contributed by atoms with E-state index >= 15 is 0 Å². The predicted molar refractivity (Wildman–Crippen MR) is 118 cm³/mol. The zero-order valence-electron chi connectivity index (χ0n) is 17.4. The number of nitrogens with zero attached hydrogens (tertiary/aromatic N) is 2. The van der Waals surface area contributed by atoms with Crippen LogP contribution in [0.15, 0.2) is 30.5 Å². The van der Waals surface area contributed by atoms with E-state index in [0.717, 1.165) is 5.56 Å². The lowest BCUT2D eigenvalue weighted by Crippen LogP contribution is -2.17. The van der Waals surface area contributed by atoms with Gasteiger partial charge in [0.25, 0.3) is 0 Å². The number of aryl methyl sites for hydroxylation is 1. The second-order valence-corrected chi connectivity index (χ2v) is 8.73. The summed E-state index contributed by atoms with van der Waals surface area (Å²) in [6, 6.07) is 6.24. The van der Waals surface area contributed by atoms with Gasteiger partial charge >= 0.3 is 0 Å². The molecule has 0 atom stereocenters. The van der Waals surface area contributed by atoms with Crippen LogP contribution < -0.4 is 14.8 Å². The van der Waals surface area contributed by atoms with Crippen LogP contribution in [-0.4, -0.2) is 30.7 Å². The number of hydrogen-bond donors (Lipinski definition) is 2. The van der Waals surface area contributed by atoms with E-state index in [1.807, 2.05) is 13.8 Å². The van der Waals surface area contributed by atoms with Gasteiger partial charge in [0.05, 0.1) is 41.0 Å². The van der Waals surface area contributed by atoms with Gasteiger partial charge in [-0.05, 0) is 57.0 Å². The van der Waals surface area contributed by atoms with Crippen molar-refractivity contribution in [1.29, 1.82) is 0 Å². The Hall–Kier alpha value is -2.94. The molecule has 0 aliphatic rings. The molecule has 7 nitrogen and oxygen atoms in total. The molecule has 160 valence electrons. The van der Waals surface area contributed by atoms with E-state index in [0.29, 0.717) is 46.9 Å². The first-order valence-corrected chi connectivity index (χ1v) is 11.4. The van der Waals surface area contributed by atoms with Crippen molar-refractivity contribution in [3.8, 4) is 5.88 Å². The van der Waals surface area contributed by atoms with E-state index in [1.165, 1.54) is 12.1 Å². The number of hydrogen-bond acceptors (Lipinski definition) is 6. The van der Waals surface area contributed by atoms with Crippen LogP contribution in [-0.2, 0) is 10.0 Å². The average molecular weight is 433 g/mol. The van der Waals surface area contributed by atoms with Crippen molar-refractivity contribution in [2.75, 3.05) is 22.4 Å². The molecule has 30 heavy (non-hydrogen) atoms. The lowest BCUT2D eigenvalue weighted by molar-refractivity contribution is 0.326. The third-order valence-electron chi connectivity index (χ3n) is 4.65. The van der Waals surface area contributed by atoms with Crippen LogP contribution in [0.3, 0.4) is 0 Å². The summed E-state index contributed by atoms with van der Waals surface area (Å²) in [5.41, 5.74) is 3.75. The number of fused-ring (bicyclic) bond motifs is 1. The highest BCUT2D eigenvalue weighted by Crippen LogP contribution is 2.33. The number of rotatable bonds is 8. The van der Waals surface area contributed by atoms with Gasteiger partial charge in [-0.2, -0.15) is 0 Å². The van der Waals surface area contributed by atoms with Crippen molar-refractivity contribution in [1.82, 2.24) is 9.97 Å². The summed E-state index contributed by atoms with van der Waals surface area (Å²) >= 11 is 0. The zero-order valence-corrected chi connectivity index (χ0v) is 18.2. The lowest BCUT2D eigenvalue weighted by atomic mass is 10.1.